The Morgan fingerprint density at radius 3 is 1.85 bits per heavy atom. The summed E-state index contributed by atoms with van der Waals surface area (Å²) in [5, 5.41) is 38.3. The van der Waals surface area contributed by atoms with E-state index in [1.165, 1.54) is 12.1 Å². The van der Waals surface area contributed by atoms with Crippen molar-refractivity contribution >= 4 is 18.0 Å². The van der Waals surface area contributed by atoms with Crippen LogP contribution in [0.1, 0.15) is 37.7 Å². The maximum absolute atomic E-state index is 10.5. The number of rotatable bonds is 6. The topological polar surface area (TPSA) is 184 Å². The van der Waals surface area contributed by atoms with Gasteiger partial charge in [-0.25, -0.2) is 9.59 Å². The van der Waals surface area contributed by atoms with Crippen LogP contribution in [0.3, 0.4) is 0 Å². The minimum Gasteiger partial charge on any atom is -0.450 e. The number of hydrogen-bond donors (Lipinski definition) is 5. The van der Waals surface area contributed by atoms with Gasteiger partial charge in [0, 0.05) is 24.1 Å². The summed E-state index contributed by atoms with van der Waals surface area (Å²) < 4.78 is 0. The first-order valence-corrected chi connectivity index (χ1v) is 7.47. The third-order valence-electron chi connectivity index (χ3n) is 2.57. The minimum atomic E-state index is -1.83. The number of nitrogens with zero attached hydrogens (tertiary/aromatic N) is 1. The Morgan fingerprint density at radius 1 is 0.962 bits per heavy atom. The Kier molecular flexibility index (Phi) is 15.9. The summed E-state index contributed by atoms with van der Waals surface area (Å²) in [5.74, 6) is 6.08. The van der Waals surface area contributed by atoms with Crippen molar-refractivity contribution in [1.82, 2.24) is 0 Å². The fourth-order valence-electron chi connectivity index (χ4n) is 1.54. The minimum absolute atomic E-state index is 0.0994. The monoisotopic (exact) mass is 370 g/mol. The van der Waals surface area contributed by atoms with Gasteiger partial charge in [0.1, 0.15) is 0 Å². The van der Waals surface area contributed by atoms with Gasteiger partial charge in [-0.1, -0.05) is 24.7 Å². The zero-order valence-corrected chi connectivity index (χ0v) is 14.0. The first-order valence-electron chi connectivity index (χ1n) is 7.47. The van der Waals surface area contributed by atoms with E-state index in [9.17, 15) is 10.1 Å². The van der Waals surface area contributed by atoms with Crippen molar-refractivity contribution in [3.05, 3.63) is 39.9 Å². The van der Waals surface area contributed by atoms with Crippen LogP contribution in [0.4, 0.5) is 15.3 Å². The Balaban J connectivity index is 0. The van der Waals surface area contributed by atoms with Crippen LogP contribution in [0.5, 0.6) is 0 Å². The SMILES string of the molecule is NCCCCCCC#Cc1ccc([N+](=O)[O-])cc1.O=C(O)O.O=C(O)O. The van der Waals surface area contributed by atoms with E-state index in [1.807, 2.05) is 0 Å². The Labute approximate surface area is 150 Å². The van der Waals surface area contributed by atoms with Crippen LogP contribution in [-0.4, -0.2) is 44.2 Å². The molecule has 1 aromatic rings. The standard InChI is InChI=1S/C14H18N2O2.2CH2O3/c15-12-6-4-2-1-3-5-7-13-8-10-14(11-9-13)16(17)18;2*2-1(3)4/h8-11H,1-4,6,12,15H2;2*(H2,2,3,4). The predicted octanol–water partition coefficient (Wildman–Crippen LogP) is 3.30. The van der Waals surface area contributed by atoms with Crippen molar-refractivity contribution in [2.24, 2.45) is 5.73 Å². The van der Waals surface area contributed by atoms with Gasteiger partial charge in [0.05, 0.1) is 4.92 Å². The summed E-state index contributed by atoms with van der Waals surface area (Å²) >= 11 is 0. The van der Waals surface area contributed by atoms with Crippen LogP contribution in [0.25, 0.3) is 0 Å². The molecule has 0 heterocycles. The van der Waals surface area contributed by atoms with E-state index >= 15 is 0 Å². The number of benzene rings is 1. The zero-order chi connectivity index (χ0) is 20.4. The fraction of sp³-hybridized carbons (Fsp3) is 0.375. The average molecular weight is 370 g/mol. The van der Waals surface area contributed by atoms with Gasteiger partial charge in [-0.15, -0.1) is 0 Å². The van der Waals surface area contributed by atoms with E-state index in [-0.39, 0.29) is 5.69 Å². The molecule has 0 aliphatic carbocycles. The van der Waals surface area contributed by atoms with Gasteiger partial charge in [0.25, 0.3) is 5.69 Å². The number of nitro benzene ring substituents is 1. The molecule has 6 N–H and O–H groups in total. The average Bonchev–Trinajstić information content (AvgIpc) is 2.53. The van der Waals surface area contributed by atoms with Crippen LogP contribution in [0.15, 0.2) is 24.3 Å². The largest absolute Gasteiger partial charge is 0.503 e. The van der Waals surface area contributed by atoms with Gasteiger partial charge in [-0.05, 0) is 31.5 Å². The summed E-state index contributed by atoms with van der Waals surface area (Å²) in [7, 11) is 0. The lowest BCUT2D eigenvalue weighted by molar-refractivity contribution is -0.384. The molecule has 1 rings (SSSR count). The summed E-state index contributed by atoms with van der Waals surface area (Å²) in [6.45, 7) is 0.758. The Bertz CT molecular complexity index is 585. The number of nitrogens with two attached hydrogens (primary N) is 1. The molecular formula is C16H22N2O8. The molecule has 0 aliphatic rings. The van der Waals surface area contributed by atoms with Crippen LogP contribution < -0.4 is 5.73 Å². The molecular weight excluding hydrogens is 348 g/mol. The second kappa shape index (κ2) is 16.5. The normalized spacial score (nSPS) is 8.50. The van der Waals surface area contributed by atoms with Gasteiger partial charge < -0.3 is 26.2 Å². The molecule has 1 aromatic carbocycles. The Morgan fingerprint density at radius 2 is 1.42 bits per heavy atom. The molecule has 0 unspecified atom stereocenters. The smallest absolute Gasteiger partial charge is 0.450 e. The number of nitro groups is 1. The number of non-ortho nitro benzene ring substituents is 1. The van der Waals surface area contributed by atoms with Gasteiger partial charge in [-0.3, -0.25) is 10.1 Å². The molecule has 0 saturated carbocycles. The lowest BCUT2D eigenvalue weighted by Crippen LogP contribution is -1.97. The molecule has 0 saturated heterocycles. The molecule has 10 heteroatoms. The summed E-state index contributed by atoms with van der Waals surface area (Å²) in [6, 6.07) is 6.32. The number of hydrogen-bond acceptors (Lipinski definition) is 5. The second-order valence-electron chi connectivity index (χ2n) is 4.62. The highest BCUT2D eigenvalue weighted by Crippen LogP contribution is 2.11. The van der Waals surface area contributed by atoms with Crippen molar-refractivity contribution in [2.45, 2.75) is 32.1 Å². The lowest BCUT2D eigenvalue weighted by atomic mass is 10.1. The summed E-state index contributed by atoms with van der Waals surface area (Å²) in [4.78, 5) is 27.2. The number of carboxylic acid groups (broad SMARTS) is 4. The van der Waals surface area contributed by atoms with E-state index < -0.39 is 17.2 Å². The first kappa shape index (κ1) is 24.9. The molecule has 0 radical (unpaired) electrons. The maximum atomic E-state index is 10.5. The highest BCUT2D eigenvalue weighted by atomic mass is 16.6. The van der Waals surface area contributed by atoms with E-state index in [0.29, 0.717) is 0 Å². The van der Waals surface area contributed by atoms with Gasteiger partial charge >= 0.3 is 12.3 Å². The van der Waals surface area contributed by atoms with Crippen LogP contribution in [0, 0.1) is 22.0 Å². The molecule has 0 aromatic heterocycles. The molecule has 0 spiro atoms. The van der Waals surface area contributed by atoms with E-state index in [1.54, 1.807) is 12.1 Å². The highest BCUT2D eigenvalue weighted by Gasteiger charge is 2.01. The van der Waals surface area contributed by atoms with Crippen LogP contribution in [-0.2, 0) is 0 Å². The Hall–Kier alpha value is -3.32. The van der Waals surface area contributed by atoms with Gasteiger partial charge in [-0.2, -0.15) is 0 Å². The molecule has 10 nitrogen and oxygen atoms in total. The van der Waals surface area contributed by atoms with Gasteiger partial charge in [0.15, 0.2) is 0 Å². The molecule has 144 valence electrons. The number of carbonyl (C=O) groups is 2. The molecule has 26 heavy (non-hydrogen) atoms. The second-order valence-corrected chi connectivity index (χ2v) is 4.62. The van der Waals surface area contributed by atoms with Crippen molar-refractivity contribution in [1.29, 1.82) is 0 Å². The van der Waals surface area contributed by atoms with E-state index in [2.05, 4.69) is 11.8 Å². The fourth-order valence-corrected chi connectivity index (χ4v) is 1.54. The van der Waals surface area contributed by atoms with Crippen molar-refractivity contribution < 1.29 is 34.9 Å². The lowest BCUT2D eigenvalue weighted by Gasteiger charge is -1.94. The molecule has 0 amide bonds. The first-order chi connectivity index (χ1) is 12.2. The van der Waals surface area contributed by atoms with Gasteiger partial charge in [0.2, 0.25) is 0 Å². The molecule has 0 fully saturated rings. The quantitative estimate of drug-likeness (QED) is 0.217. The summed E-state index contributed by atoms with van der Waals surface area (Å²) in [5.41, 5.74) is 6.32. The molecule has 0 atom stereocenters. The number of unbranched alkanes of at least 4 members (excludes halogenated alkanes) is 4. The molecule has 0 aliphatic heterocycles. The van der Waals surface area contributed by atoms with Crippen LogP contribution in [0.2, 0.25) is 0 Å². The maximum Gasteiger partial charge on any atom is 0.503 e. The van der Waals surface area contributed by atoms with E-state index in [0.717, 1.165) is 44.2 Å². The van der Waals surface area contributed by atoms with Crippen LogP contribution >= 0.6 is 0 Å². The van der Waals surface area contributed by atoms with E-state index in [4.69, 9.17) is 35.7 Å². The van der Waals surface area contributed by atoms with Crippen molar-refractivity contribution in [3.8, 4) is 11.8 Å². The highest BCUT2D eigenvalue weighted by molar-refractivity contribution is 5.53. The summed E-state index contributed by atoms with van der Waals surface area (Å²) in [6.07, 6.45) is 1.68. The zero-order valence-electron chi connectivity index (χ0n) is 14.0. The third-order valence-corrected chi connectivity index (χ3v) is 2.57. The molecule has 0 bridgehead atoms. The third kappa shape index (κ3) is 20.7. The predicted molar refractivity (Wildman–Crippen MR) is 93.4 cm³/mol. The van der Waals surface area contributed by atoms with Crippen molar-refractivity contribution in [3.63, 3.8) is 0 Å². The van der Waals surface area contributed by atoms with Crippen molar-refractivity contribution in [2.75, 3.05) is 6.54 Å².